The Hall–Kier alpha value is -1.30. The average Bonchev–Trinajstić information content (AvgIpc) is 2.41. The molecule has 0 amide bonds. The predicted octanol–water partition coefficient (Wildman–Crippen LogP) is 1.13. The van der Waals surface area contributed by atoms with Gasteiger partial charge in [-0.05, 0) is 24.1 Å². The van der Waals surface area contributed by atoms with E-state index in [9.17, 15) is 4.79 Å². The minimum Gasteiger partial charge on any atom is -0.480 e. The molecule has 0 aromatic heterocycles. The number of halogens is 1. The van der Waals surface area contributed by atoms with Gasteiger partial charge in [-0.15, -0.1) is 0 Å². The van der Waals surface area contributed by atoms with Crippen LogP contribution < -0.4 is 10.6 Å². The molecule has 0 radical (unpaired) electrons. The summed E-state index contributed by atoms with van der Waals surface area (Å²) >= 11 is 6.19. The van der Waals surface area contributed by atoms with Crippen molar-refractivity contribution in [3.63, 3.8) is 0 Å². The van der Waals surface area contributed by atoms with Gasteiger partial charge >= 0.3 is 5.97 Å². The molecule has 2 rings (SSSR count). The van der Waals surface area contributed by atoms with Gasteiger partial charge in [0, 0.05) is 23.8 Å². The van der Waals surface area contributed by atoms with E-state index < -0.39 is 12.0 Å². The van der Waals surface area contributed by atoms with Gasteiger partial charge in [-0.25, -0.2) is 0 Å². The van der Waals surface area contributed by atoms with Gasteiger partial charge in [0.25, 0.3) is 0 Å². The number of ether oxygens (including phenoxy) is 1. The molecule has 6 heteroatoms. The molecule has 0 spiro atoms. The number of nitrogens with zero attached hydrogens (tertiary/aromatic N) is 1. The van der Waals surface area contributed by atoms with Crippen LogP contribution >= 0.6 is 11.6 Å². The largest absolute Gasteiger partial charge is 0.480 e. The van der Waals surface area contributed by atoms with E-state index in [1.807, 2.05) is 18.2 Å². The van der Waals surface area contributed by atoms with Crippen molar-refractivity contribution in [3.8, 4) is 0 Å². The van der Waals surface area contributed by atoms with Crippen LogP contribution in [0.2, 0.25) is 5.02 Å². The number of carbonyl (C=O) groups is 1. The maximum atomic E-state index is 10.7. The fraction of sp³-hybridized carbons (Fsp3) is 0.462. The third-order valence-electron chi connectivity index (χ3n) is 3.17. The number of morpholine rings is 1. The molecule has 1 heterocycles. The van der Waals surface area contributed by atoms with E-state index in [1.54, 1.807) is 0 Å². The first-order chi connectivity index (χ1) is 9.08. The van der Waals surface area contributed by atoms with E-state index in [2.05, 4.69) is 4.90 Å². The second-order valence-corrected chi connectivity index (χ2v) is 4.93. The molecule has 1 saturated heterocycles. The van der Waals surface area contributed by atoms with Gasteiger partial charge in [-0.1, -0.05) is 17.7 Å². The average molecular weight is 285 g/mol. The monoisotopic (exact) mass is 284 g/mol. The molecule has 3 N–H and O–H groups in total. The number of carboxylic acid groups (broad SMARTS) is 1. The van der Waals surface area contributed by atoms with Crippen LogP contribution in [0.5, 0.6) is 0 Å². The summed E-state index contributed by atoms with van der Waals surface area (Å²) in [6.45, 7) is 3.10. The quantitative estimate of drug-likeness (QED) is 0.867. The van der Waals surface area contributed by atoms with E-state index >= 15 is 0 Å². The van der Waals surface area contributed by atoms with E-state index in [0.717, 1.165) is 24.3 Å². The molecule has 1 aliphatic rings. The van der Waals surface area contributed by atoms with Gasteiger partial charge in [0.05, 0.1) is 13.2 Å². The second-order valence-electron chi connectivity index (χ2n) is 4.52. The van der Waals surface area contributed by atoms with Crippen molar-refractivity contribution in [1.82, 2.24) is 0 Å². The molecule has 1 aliphatic heterocycles. The fourth-order valence-electron chi connectivity index (χ4n) is 2.04. The number of hydrogen-bond acceptors (Lipinski definition) is 4. The van der Waals surface area contributed by atoms with E-state index in [0.29, 0.717) is 18.2 Å². The maximum absolute atomic E-state index is 10.7. The highest BCUT2D eigenvalue weighted by Crippen LogP contribution is 2.25. The molecule has 0 saturated carbocycles. The van der Waals surface area contributed by atoms with Crippen LogP contribution in [0.4, 0.5) is 5.69 Å². The first-order valence-electron chi connectivity index (χ1n) is 6.17. The Morgan fingerprint density at radius 2 is 2.16 bits per heavy atom. The van der Waals surface area contributed by atoms with Crippen molar-refractivity contribution in [3.05, 3.63) is 28.8 Å². The van der Waals surface area contributed by atoms with Gasteiger partial charge < -0.3 is 20.5 Å². The van der Waals surface area contributed by atoms with Crippen molar-refractivity contribution in [2.24, 2.45) is 5.73 Å². The number of aliphatic carboxylic acids is 1. The van der Waals surface area contributed by atoms with Crippen LogP contribution in [-0.4, -0.2) is 43.4 Å². The first kappa shape index (κ1) is 14.1. The van der Waals surface area contributed by atoms with Gasteiger partial charge in [-0.3, -0.25) is 4.79 Å². The van der Waals surface area contributed by atoms with E-state index in [4.69, 9.17) is 27.2 Å². The summed E-state index contributed by atoms with van der Waals surface area (Å²) in [5, 5.41) is 9.36. The Kier molecular flexibility index (Phi) is 4.63. The molecule has 19 heavy (non-hydrogen) atoms. The van der Waals surface area contributed by atoms with Crippen LogP contribution in [0.3, 0.4) is 0 Å². The summed E-state index contributed by atoms with van der Waals surface area (Å²) in [4.78, 5) is 12.9. The SMILES string of the molecule is NC(Cc1ccc(N2CCOCC2)cc1Cl)C(=O)O. The Morgan fingerprint density at radius 3 is 2.74 bits per heavy atom. The Bertz CT molecular complexity index is 461. The van der Waals surface area contributed by atoms with Crippen molar-refractivity contribution < 1.29 is 14.6 Å². The summed E-state index contributed by atoms with van der Waals surface area (Å²) < 4.78 is 5.30. The van der Waals surface area contributed by atoms with Crippen LogP contribution in [0.15, 0.2) is 18.2 Å². The molecule has 5 nitrogen and oxygen atoms in total. The van der Waals surface area contributed by atoms with Crippen molar-refractivity contribution in [2.45, 2.75) is 12.5 Å². The van der Waals surface area contributed by atoms with Crippen LogP contribution in [0.1, 0.15) is 5.56 Å². The summed E-state index contributed by atoms with van der Waals surface area (Å²) in [5.74, 6) is -1.02. The lowest BCUT2D eigenvalue weighted by molar-refractivity contribution is -0.138. The number of rotatable bonds is 4. The first-order valence-corrected chi connectivity index (χ1v) is 6.55. The zero-order valence-electron chi connectivity index (χ0n) is 10.5. The van der Waals surface area contributed by atoms with Crippen LogP contribution in [-0.2, 0) is 16.0 Å². The summed E-state index contributed by atoms with van der Waals surface area (Å²) in [6.07, 6.45) is 0.234. The standard InChI is InChI=1S/C13H17ClN2O3/c14-11-8-10(16-3-5-19-6-4-16)2-1-9(11)7-12(15)13(17)18/h1-2,8,12H,3-7,15H2,(H,17,18). The molecule has 0 bridgehead atoms. The fourth-order valence-corrected chi connectivity index (χ4v) is 2.30. The lowest BCUT2D eigenvalue weighted by Crippen LogP contribution is -2.36. The van der Waals surface area contributed by atoms with Gasteiger partial charge in [-0.2, -0.15) is 0 Å². The zero-order chi connectivity index (χ0) is 13.8. The number of hydrogen-bond donors (Lipinski definition) is 2. The van der Waals surface area contributed by atoms with Gasteiger partial charge in [0.1, 0.15) is 6.04 Å². The molecule has 1 aromatic carbocycles. The Balaban J connectivity index is 2.10. The Labute approximate surface area is 116 Å². The van der Waals surface area contributed by atoms with Gasteiger partial charge in [0.2, 0.25) is 0 Å². The molecule has 104 valence electrons. The molecular formula is C13H17ClN2O3. The molecular weight excluding hydrogens is 268 g/mol. The van der Waals surface area contributed by atoms with Crippen LogP contribution in [0.25, 0.3) is 0 Å². The summed E-state index contributed by atoms with van der Waals surface area (Å²) in [7, 11) is 0. The van der Waals surface area contributed by atoms with Crippen LogP contribution in [0, 0.1) is 0 Å². The molecule has 0 aliphatic carbocycles. The highest BCUT2D eigenvalue weighted by molar-refractivity contribution is 6.31. The predicted molar refractivity (Wildman–Crippen MR) is 73.8 cm³/mol. The third kappa shape index (κ3) is 3.59. The topological polar surface area (TPSA) is 75.8 Å². The highest BCUT2D eigenvalue weighted by atomic mass is 35.5. The summed E-state index contributed by atoms with van der Waals surface area (Å²) in [6, 6.07) is 4.72. The summed E-state index contributed by atoms with van der Waals surface area (Å²) in [5.41, 5.74) is 7.30. The van der Waals surface area contributed by atoms with Crippen molar-refractivity contribution in [2.75, 3.05) is 31.2 Å². The Morgan fingerprint density at radius 1 is 1.47 bits per heavy atom. The lowest BCUT2D eigenvalue weighted by atomic mass is 10.1. The van der Waals surface area contributed by atoms with E-state index in [-0.39, 0.29) is 6.42 Å². The minimum atomic E-state index is -1.02. The molecule has 1 atom stereocenters. The molecule has 1 fully saturated rings. The maximum Gasteiger partial charge on any atom is 0.320 e. The third-order valence-corrected chi connectivity index (χ3v) is 3.52. The second kappa shape index (κ2) is 6.23. The van der Waals surface area contributed by atoms with E-state index in [1.165, 1.54) is 0 Å². The number of anilines is 1. The normalized spacial score (nSPS) is 17.3. The number of benzene rings is 1. The molecule has 1 aromatic rings. The highest BCUT2D eigenvalue weighted by Gasteiger charge is 2.16. The van der Waals surface area contributed by atoms with Crippen molar-refractivity contribution >= 4 is 23.3 Å². The van der Waals surface area contributed by atoms with Gasteiger partial charge in [0.15, 0.2) is 0 Å². The number of carboxylic acids is 1. The van der Waals surface area contributed by atoms with Crippen molar-refractivity contribution in [1.29, 1.82) is 0 Å². The number of nitrogens with two attached hydrogens (primary N) is 1. The lowest BCUT2D eigenvalue weighted by Gasteiger charge is -2.29. The zero-order valence-corrected chi connectivity index (χ0v) is 11.3. The smallest absolute Gasteiger partial charge is 0.320 e. The minimum absolute atomic E-state index is 0.234. The molecule has 1 unspecified atom stereocenters.